The van der Waals surface area contributed by atoms with Gasteiger partial charge in [-0.25, -0.2) is 0 Å². The molecule has 2 N–H and O–H groups in total. The Kier molecular flexibility index (Phi) is 3.58. The maximum atomic E-state index is 13.0. The minimum Gasteiger partial charge on any atom is -0.497 e. The van der Waals surface area contributed by atoms with E-state index < -0.39 is 0 Å². The van der Waals surface area contributed by atoms with Gasteiger partial charge in [-0.1, -0.05) is 0 Å². The van der Waals surface area contributed by atoms with Crippen LogP contribution >= 0.6 is 11.3 Å². The van der Waals surface area contributed by atoms with Crippen LogP contribution in [-0.2, 0) is 0 Å². The number of hydrogen-bond donors (Lipinski definition) is 1. The molecule has 5 heteroatoms. The molecule has 2 aliphatic rings. The SMILES string of the molecule is COc1ccc2sc(C(=O)N3CC4CCC(N)C4C3)c(C)c2c1. The number of thiophene rings is 1. The van der Waals surface area contributed by atoms with Crippen molar-refractivity contribution in [2.45, 2.75) is 25.8 Å². The molecular weight excluding hydrogens is 308 g/mol. The number of ether oxygens (including phenoxy) is 1. The van der Waals surface area contributed by atoms with Crippen molar-refractivity contribution >= 4 is 27.3 Å². The van der Waals surface area contributed by atoms with Gasteiger partial charge >= 0.3 is 0 Å². The Morgan fingerprint density at radius 1 is 1.35 bits per heavy atom. The summed E-state index contributed by atoms with van der Waals surface area (Å²) in [6.07, 6.45) is 2.28. The highest BCUT2D eigenvalue weighted by Crippen LogP contribution is 2.39. The maximum absolute atomic E-state index is 13.0. The molecular formula is C18H22N2O2S. The third kappa shape index (κ3) is 2.34. The molecule has 3 unspecified atom stereocenters. The zero-order valence-corrected chi connectivity index (χ0v) is 14.4. The van der Waals surface area contributed by atoms with Gasteiger partial charge in [-0.15, -0.1) is 11.3 Å². The van der Waals surface area contributed by atoms with E-state index in [1.807, 2.05) is 30.0 Å². The second-order valence-corrected chi connectivity index (χ2v) is 7.85. The molecule has 3 atom stereocenters. The van der Waals surface area contributed by atoms with Crippen molar-refractivity contribution in [3.8, 4) is 5.75 Å². The predicted molar refractivity (Wildman–Crippen MR) is 93.2 cm³/mol. The summed E-state index contributed by atoms with van der Waals surface area (Å²) in [7, 11) is 1.67. The normalized spacial score (nSPS) is 26.7. The lowest BCUT2D eigenvalue weighted by molar-refractivity contribution is 0.0784. The highest BCUT2D eigenvalue weighted by atomic mass is 32.1. The lowest BCUT2D eigenvalue weighted by Gasteiger charge is -2.18. The summed E-state index contributed by atoms with van der Waals surface area (Å²) < 4.78 is 6.45. The van der Waals surface area contributed by atoms with Crippen molar-refractivity contribution in [2.75, 3.05) is 20.2 Å². The van der Waals surface area contributed by atoms with Crippen LogP contribution in [0.25, 0.3) is 10.1 Å². The summed E-state index contributed by atoms with van der Waals surface area (Å²) in [6.45, 7) is 3.73. The molecule has 1 saturated heterocycles. The first-order valence-electron chi connectivity index (χ1n) is 8.20. The Bertz CT molecular complexity index is 770. The number of benzene rings is 1. The molecule has 0 bridgehead atoms. The molecule has 0 spiro atoms. The first kappa shape index (κ1) is 15.0. The van der Waals surface area contributed by atoms with E-state index in [-0.39, 0.29) is 11.9 Å². The summed E-state index contributed by atoms with van der Waals surface area (Å²) in [4.78, 5) is 15.9. The van der Waals surface area contributed by atoms with E-state index in [1.165, 1.54) is 0 Å². The van der Waals surface area contributed by atoms with Crippen LogP contribution in [0.15, 0.2) is 18.2 Å². The maximum Gasteiger partial charge on any atom is 0.264 e. The van der Waals surface area contributed by atoms with Gasteiger partial charge in [-0.2, -0.15) is 0 Å². The number of carbonyl (C=O) groups is 1. The number of amides is 1. The minimum atomic E-state index is 0.171. The largest absolute Gasteiger partial charge is 0.497 e. The number of aryl methyl sites for hydroxylation is 1. The highest BCUT2D eigenvalue weighted by Gasteiger charge is 2.43. The van der Waals surface area contributed by atoms with E-state index in [0.717, 1.165) is 52.2 Å². The highest BCUT2D eigenvalue weighted by molar-refractivity contribution is 7.21. The molecule has 122 valence electrons. The molecule has 4 nitrogen and oxygen atoms in total. The third-order valence-electron chi connectivity index (χ3n) is 5.54. The first-order valence-corrected chi connectivity index (χ1v) is 9.02. The lowest BCUT2D eigenvalue weighted by Crippen LogP contribution is -2.33. The van der Waals surface area contributed by atoms with Crippen LogP contribution in [0.2, 0.25) is 0 Å². The van der Waals surface area contributed by atoms with Gasteiger partial charge in [-0.3, -0.25) is 4.79 Å². The molecule has 23 heavy (non-hydrogen) atoms. The molecule has 4 rings (SSSR count). The molecule has 2 heterocycles. The number of hydrogen-bond acceptors (Lipinski definition) is 4. The van der Waals surface area contributed by atoms with Crippen molar-refractivity contribution < 1.29 is 9.53 Å². The second kappa shape index (κ2) is 5.49. The fraction of sp³-hybridized carbons (Fsp3) is 0.500. The number of methoxy groups -OCH3 is 1. The monoisotopic (exact) mass is 330 g/mol. The van der Waals surface area contributed by atoms with Crippen molar-refractivity contribution in [3.63, 3.8) is 0 Å². The zero-order chi connectivity index (χ0) is 16.1. The van der Waals surface area contributed by atoms with Crippen LogP contribution in [0, 0.1) is 18.8 Å². The zero-order valence-electron chi connectivity index (χ0n) is 13.5. The van der Waals surface area contributed by atoms with Gasteiger partial charge in [0.1, 0.15) is 5.75 Å². The van der Waals surface area contributed by atoms with Crippen LogP contribution < -0.4 is 10.5 Å². The lowest BCUT2D eigenvalue weighted by atomic mass is 9.98. The number of carbonyl (C=O) groups excluding carboxylic acids is 1. The predicted octanol–water partition coefficient (Wildman–Crippen LogP) is 3.03. The van der Waals surface area contributed by atoms with Crippen LogP contribution in [0.1, 0.15) is 28.1 Å². The summed E-state index contributed by atoms with van der Waals surface area (Å²) in [5.74, 6) is 2.10. The molecule has 2 fully saturated rings. The van der Waals surface area contributed by atoms with E-state index in [1.54, 1.807) is 18.4 Å². The average molecular weight is 330 g/mol. The van der Waals surface area contributed by atoms with E-state index in [0.29, 0.717) is 11.8 Å². The van der Waals surface area contributed by atoms with E-state index >= 15 is 0 Å². The smallest absolute Gasteiger partial charge is 0.264 e. The van der Waals surface area contributed by atoms with E-state index in [2.05, 4.69) is 0 Å². The minimum absolute atomic E-state index is 0.171. The van der Waals surface area contributed by atoms with Crippen molar-refractivity contribution in [2.24, 2.45) is 17.6 Å². The summed E-state index contributed by atoms with van der Waals surface area (Å²) in [5.41, 5.74) is 7.26. The van der Waals surface area contributed by atoms with Gasteiger partial charge < -0.3 is 15.4 Å². The summed E-state index contributed by atoms with van der Waals surface area (Å²) in [5, 5.41) is 1.12. The Hall–Kier alpha value is -1.59. The van der Waals surface area contributed by atoms with Crippen LogP contribution in [0.5, 0.6) is 5.75 Å². The van der Waals surface area contributed by atoms with Crippen molar-refractivity contribution in [1.29, 1.82) is 0 Å². The fourth-order valence-electron chi connectivity index (χ4n) is 4.15. The molecule has 1 aromatic heterocycles. The first-order chi connectivity index (χ1) is 11.1. The Morgan fingerprint density at radius 3 is 2.91 bits per heavy atom. The molecule has 1 amide bonds. The molecule has 0 radical (unpaired) electrons. The second-order valence-electron chi connectivity index (χ2n) is 6.79. The van der Waals surface area contributed by atoms with Crippen molar-refractivity contribution in [1.82, 2.24) is 4.90 Å². The van der Waals surface area contributed by atoms with E-state index in [9.17, 15) is 4.79 Å². The Labute approximate surface area is 140 Å². The number of rotatable bonds is 2. The van der Waals surface area contributed by atoms with Gasteiger partial charge in [0.05, 0.1) is 12.0 Å². The van der Waals surface area contributed by atoms with Gasteiger partial charge in [-0.05, 0) is 60.7 Å². The molecule has 2 aromatic rings. The molecule has 1 aliphatic carbocycles. The van der Waals surface area contributed by atoms with Gasteiger partial charge in [0.15, 0.2) is 0 Å². The van der Waals surface area contributed by atoms with Crippen LogP contribution in [-0.4, -0.2) is 37.0 Å². The Balaban J connectivity index is 1.64. The van der Waals surface area contributed by atoms with Crippen molar-refractivity contribution in [3.05, 3.63) is 28.6 Å². The quantitative estimate of drug-likeness (QED) is 0.921. The molecule has 1 aromatic carbocycles. The van der Waals surface area contributed by atoms with Gasteiger partial charge in [0.25, 0.3) is 5.91 Å². The third-order valence-corrected chi connectivity index (χ3v) is 6.80. The number of fused-ring (bicyclic) bond motifs is 2. The number of likely N-dealkylation sites (tertiary alicyclic amines) is 1. The summed E-state index contributed by atoms with van der Waals surface area (Å²) in [6, 6.07) is 6.28. The molecule has 1 saturated carbocycles. The Morgan fingerprint density at radius 2 is 2.17 bits per heavy atom. The van der Waals surface area contributed by atoms with Gasteiger partial charge in [0.2, 0.25) is 0 Å². The van der Waals surface area contributed by atoms with Crippen LogP contribution in [0.3, 0.4) is 0 Å². The topological polar surface area (TPSA) is 55.6 Å². The van der Waals surface area contributed by atoms with Gasteiger partial charge in [0, 0.05) is 23.8 Å². The fourth-order valence-corrected chi connectivity index (χ4v) is 5.31. The van der Waals surface area contributed by atoms with Crippen LogP contribution in [0.4, 0.5) is 0 Å². The number of nitrogens with zero attached hydrogens (tertiary/aromatic N) is 1. The number of nitrogens with two attached hydrogens (primary N) is 1. The average Bonchev–Trinajstić information content (AvgIpc) is 3.22. The summed E-state index contributed by atoms with van der Waals surface area (Å²) >= 11 is 1.59. The van der Waals surface area contributed by atoms with E-state index in [4.69, 9.17) is 10.5 Å². The molecule has 1 aliphatic heterocycles. The standard InChI is InChI=1S/C18H22N2O2S/c1-10-13-7-12(22-2)4-6-16(13)23-17(10)18(21)20-8-11-3-5-15(19)14(11)9-20/h4,6-7,11,14-15H,3,5,8-9,19H2,1-2H3.